The number of thioether (sulfide) groups is 1. The molecule has 3 aromatic heterocycles. The first-order chi connectivity index (χ1) is 15.8. The van der Waals surface area contributed by atoms with Crippen molar-refractivity contribution in [1.82, 2.24) is 30.4 Å². The quantitative estimate of drug-likeness (QED) is 0.363. The molecule has 0 bridgehead atoms. The highest BCUT2D eigenvalue weighted by Crippen LogP contribution is 2.24. The van der Waals surface area contributed by atoms with E-state index in [1.807, 2.05) is 42.5 Å². The maximum Gasteiger partial charge on any atom is 0.252 e. The Hall–Kier alpha value is -3.98. The van der Waals surface area contributed by atoms with Gasteiger partial charge in [-0.2, -0.15) is 4.98 Å². The fraction of sp³-hybridized carbons (Fsp3) is 0.0870. The van der Waals surface area contributed by atoms with Gasteiger partial charge in [0.25, 0.3) is 5.91 Å². The zero-order valence-corrected chi connectivity index (χ0v) is 17.7. The minimum absolute atomic E-state index is 0.141. The van der Waals surface area contributed by atoms with Crippen molar-refractivity contribution in [3.8, 4) is 11.4 Å². The molecule has 0 aliphatic heterocycles. The molecule has 0 saturated carbocycles. The Morgan fingerprint density at radius 1 is 1.00 bits per heavy atom. The molecule has 32 heavy (non-hydrogen) atoms. The number of fused-ring (bicyclic) bond motifs is 1. The van der Waals surface area contributed by atoms with Crippen LogP contribution in [0, 0.1) is 0 Å². The van der Waals surface area contributed by atoms with E-state index in [2.05, 4.69) is 30.4 Å². The zero-order chi connectivity index (χ0) is 21.8. The second-order valence-electron chi connectivity index (χ2n) is 6.94. The highest BCUT2D eigenvalue weighted by Gasteiger charge is 2.14. The molecule has 0 atom stereocenters. The van der Waals surface area contributed by atoms with Crippen LogP contribution >= 0.6 is 11.8 Å². The number of benzene rings is 2. The topological polar surface area (TPSA) is 110 Å². The molecule has 0 saturated heterocycles. The van der Waals surface area contributed by atoms with Gasteiger partial charge in [-0.1, -0.05) is 47.3 Å². The molecule has 0 unspecified atom stereocenters. The van der Waals surface area contributed by atoms with Gasteiger partial charge in [-0.15, -0.1) is 0 Å². The van der Waals surface area contributed by atoms with Crippen LogP contribution in [0.4, 0.5) is 0 Å². The number of H-pyrrole nitrogens is 1. The summed E-state index contributed by atoms with van der Waals surface area (Å²) in [6, 6.07) is 19.0. The van der Waals surface area contributed by atoms with Crippen LogP contribution in [0.1, 0.15) is 21.8 Å². The van der Waals surface area contributed by atoms with E-state index in [9.17, 15) is 4.79 Å². The van der Waals surface area contributed by atoms with E-state index in [0.29, 0.717) is 23.0 Å². The lowest BCUT2D eigenvalue weighted by Crippen LogP contribution is -2.24. The largest absolute Gasteiger partial charge is 0.343 e. The Morgan fingerprint density at radius 2 is 1.81 bits per heavy atom. The van der Waals surface area contributed by atoms with Crippen LogP contribution in [0.15, 0.2) is 82.7 Å². The van der Waals surface area contributed by atoms with Crippen LogP contribution in [0.2, 0.25) is 0 Å². The molecule has 1 amide bonds. The number of carbonyl (C=O) groups excluding carboxylic acids is 1. The van der Waals surface area contributed by atoms with Crippen LogP contribution in [0.5, 0.6) is 0 Å². The number of hydrogen-bond acceptors (Lipinski definition) is 7. The maximum absolute atomic E-state index is 12.8. The monoisotopic (exact) mass is 442 g/mol. The van der Waals surface area contributed by atoms with E-state index in [0.717, 1.165) is 27.3 Å². The summed E-state index contributed by atoms with van der Waals surface area (Å²) in [5.74, 6) is 1.20. The van der Waals surface area contributed by atoms with Crippen molar-refractivity contribution in [2.45, 2.75) is 17.5 Å². The molecule has 5 aromatic rings. The van der Waals surface area contributed by atoms with E-state index in [1.54, 1.807) is 42.4 Å². The summed E-state index contributed by atoms with van der Waals surface area (Å²) in [6.07, 6.45) is 3.32. The number of carbonyl (C=O) groups is 1. The zero-order valence-electron chi connectivity index (χ0n) is 16.9. The average molecular weight is 443 g/mol. The molecule has 0 aliphatic rings. The number of nitrogens with one attached hydrogen (secondary N) is 2. The van der Waals surface area contributed by atoms with Crippen molar-refractivity contribution in [3.05, 3.63) is 90.1 Å². The summed E-state index contributed by atoms with van der Waals surface area (Å²) in [5.41, 5.74) is 4.23. The molecule has 2 N–H and O–H groups in total. The first kappa shape index (κ1) is 20.0. The van der Waals surface area contributed by atoms with Gasteiger partial charge in [-0.25, -0.2) is 4.98 Å². The predicted molar refractivity (Wildman–Crippen MR) is 121 cm³/mol. The van der Waals surface area contributed by atoms with Crippen LogP contribution in [-0.4, -0.2) is 31.0 Å². The standard InChI is InChI=1S/C23H18N6O2S/c30-22(25-13-20-28-21(29-31-20)15-9-11-24-12-10-15)17-6-2-1-5-16(17)14-32-23-26-18-7-3-4-8-19(18)27-23/h1-12H,13-14H2,(H,25,30)(H,26,27). The van der Waals surface area contributed by atoms with Gasteiger partial charge in [0.1, 0.15) is 0 Å². The molecular weight excluding hydrogens is 424 g/mol. The Labute approximate surface area is 187 Å². The van der Waals surface area contributed by atoms with Gasteiger partial charge in [0, 0.05) is 29.3 Å². The minimum Gasteiger partial charge on any atom is -0.343 e. The molecule has 0 spiro atoms. The number of hydrogen-bond donors (Lipinski definition) is 2. The van der Waals surface area contributed by atoms with E-state index in [1.165, 1.54) is 0 Å². The number of imidazole rings is 1. The molecule has 158 valence electrons. The Kier molecular flexibility index (Phi) is 5.63. The van der Waals surface area contributed by atoms with Gasteiger partial charge in [-0.05, 0) is 35.9 Å². The van der Waals surface area contributed by atoms with Crippen molar-refractivity contribution < 1.29 is 9.32 Å². The number of pyridine rings is 1. The normalized spacial score (nSPS) is 11.0. The summed E-state index contributed by atoms with van der Waals surface area (Å²) in [6.45, 7) is 0.141. The van der Waals surface area contributed by atoms with Crippen molar-refractivity contribution in [1.29, 1.82) is 0 Å². The first-order valence-corrected chi connectivity index (χ1v) is 10.9. The molecule has 5 rings (SSSR count). The summed E-state index contributed by atoms with van der Waals surface area (Å²) in [4.78, 5) is 29.0. The van der Waals surface area contributed by atoms with Crippen LogP contribution in [0.3, 0.4) is 0 Å². The van der Waals surface area contributed by atoms with E-state index in [4.69, 9.17) is 4.52 Å². The second kappa shape index (κ2) is 9.03. The molecule has 0 radical (unpaired) electrons. The molecule has 3 heterocycles. The van der Waals surface area contributed by atoms with Crippen molar-refractivity contribution in [2.24, 2.45) is 0 Å². The summed E-state index contributed by atoms with van der Waals surface area (Å²) >= 11 is 1.55. The number of rotatable bonds is 7. The molecule has 0 fully saturated rings. The van der Waals surface area contributed by atoms with Gasteiger partial charge >= 0.3 is 0 Å². The summed E-state index contributed by atoms with van der Waals surface area (Å²) in [7, 11) is 0. The predicted octanol–water partition coefficient (Wildman–Crippen LogP) is 4.23. The van der Waals surface area contributed by atoms with Crippen molar-refractivity contribution >= 4 is 28.7 Å². The van der Waals surface area contributed by atoms with Gasteiger partial charge in [0.05, 0.1) is 17.6 Å². The molecule has 2 aromatic carbocycles. The molecule has 9 heteroatoms. The third-order valence-corrected chi connectivity index (χ3v) is 5.72. The highest BCUT2D eigenvalue weighted by atomic mass is 32.2. The summed E-state index contributed by atoms with van der Waals surface area (Å²) < 4.78 is 5.26. The fourth-order valence-electron chi connectivity index (χ4n) is 3.21. The number of amides is 1. The van der Waals surface area contributed by atoms with Gasteiger partial charge in [-0.3, -0.25) is 9.78 Å². The number of aromatic amines is 1. The third kappa shape index (κ3) is 4.37. The minimum atomic E-state index is -0.200. The van der Waals surface area contributed by atoms with Gasteiger partial charge in [0.2, 0.25) is 11.7 Å². The summed E-state index contributed by atoms with van der Waals surface area (Å²) in [5, 5.41) is 7.63. The first-order valence-electron chi connectivity index (χ1n) is 9.93. The van der Waals surface area contributed by atoms with E-state index < -0.39 is 0 Å². The Balaban J connectivity index is 1.24. The smallest absolute Gasteiger partial charge is 0.252 e. The number of para-hydroxylation sites is 2. The SMILES string of the molecule is O=C(NCc1nc(-c2ccncc2)no1)c1ccccc1CSc1nc2ccccc2[nH]1. The molecule has 0 aliphatic carbocycles. The Morgan fingerprint density at radius 3 is 2.69 bits per heavy atom. The lowest BCUT2D eigenvalue weighted by molar-refractivity contribution is 0.0945. The second-order valence-corrected chi connectivity index (χ2v) is 7.90. The van der Waals surface area contributed by atoms with Crippen LogP contribution < -0.4 is 5.32 Å². The van der Waals surface area contributed by atoms with Crippen LogP contribution in [-0.2, 0) is 12.3 Å². The van der Waals surface area contributed by atoms with E-state index >= 15 is 0 Å². The number of nitrogens with zero attached hydrogens (tertiary/aromatic N) is 4. The third-order valence-electron chi connectivity index (χ3n) is 4.80. The van der Waals surface area contributed by atoms with Crippen molar-refractivity contribution in [3.63, 3.8) is 0 Å². The Bertz CT molecular complexity index is 1330. The van der Waals surface area contributed by atoms with E-state index in [-0.39, 0.29) is 12.5 Å². The number of aromatic nitrogens is 5. The molecular formula is C23H18N6O2S. The van der Waals surface area contributed by atoms with Gasteiger partial charge < -0.3 is 14.8 Å². The fourth-order valence-corrected chi connectivity index (χ4v) is 4.10. The van der Waals surface area contributed by atoms with Gasteiger partial charge in [0.15, 0.2) is 5.16 Å². The average Bonchev–Trinajstić information content (AvgIpc) is 3.49. The molecule has 8 nitrogen and oxygen atoms in total. The maximum atomic E-state index is 12.8. The lowest BCUT2D eigenvalue weighted by Gasteiger charge is -2.08. The lowest BCUT2D eigenvalue weighted by atomic mass is 10.1. The highest BCUT2D eigenvalue weighted by molar-refractivity contribution is 7.98. The van der Waals surface area contributed by atoms with Crippen molar-refractivity contribution in [2.75, 3.05) is 0 Å². The van der Waals surface area contributed by atoms with Crippen LogP contribution in [0.25, 0.3) is 22.4 Å².